The molecule has 0 aromatic heterocycles. The highest BCUT2D eigenvalue weighted by Crippen LogP contribution is 2.10. The van der Waals surface area contributed by atoms with Gasteiger partial charge in [0.2, 0.25) is 0 Å². The molecule has 1 rings (SSSR count). The molecule has 3 nitrogen and oxygen atoms in total. The molecule has 0 atom stereocenters. The Hall–Kier alpha value is -1.49. The Labute approximate surface area is 92.6 Å². The van der Waals surface area contributed by atoms with Gasteiger partial charge in [0, 0.05) is 5.56 Å². The van der Waals surface area contributed by atoms with E-state index in [4.69, 9.17) is 5.73 Å². The van der Waals surface area contributed by atoms with E-state index < -0.39 is 24.9 Å². The number of hydrogen-bond acceptors (Lipinski definition) is 2. The van der Waals surface area contributed by atoms with E-state index in [9.17, 15) is 13.6 Å². The van der Waals surface area contributed by atoms with Gasteiger partial charge in [-0.1, -0.05) is 18.2 Å². The minimum atomic E-state index is -3.06. The normalized spacial score (nSPS) is 11.2. The van der Waals surface area contributed by atoms with Crippen LogP contribution in [0.3, 0.4) is 0 Å². The van der Waals surface area contributed by atoms with Gasteiger partial charge in [-0.2, -0.15) is 0 Å². The molecular formula is C11H14F2N2O. The lowest BCUT2D eigenvalue weighted by Gasteiger charge is -2.15. The molecule has 0 heterocycles. The number of carbonyl (C=O) groups excluding carboxylic acids is 1. The maximum Gasteiger partial charge on any atom is 0.277 e. The van der Waals surface area contributed by atoms with Crippen LogP contribution >= 0.6 is 0 Å². The molecule has 0 fully saturated rings. The van der Waals surface area contributed by atoms with Crippen LogP contribution in [0.1, 0.15) is 15.9 Å². The van der Waals surface area contributed by atoms with Gasteiger partial charge in [0.1, 0.15) is 0 Å². The summed E-state index contributed by atoms with van der Waals surface area (Å²) >= 11 is 0. The van der Waals surface area contributed by atoms with Crippen LogP contribution in [0.5, 0.6) is 0 Å². The second kappa shape index (κ2) is 5.03. The van der Waals surface area contributed by atoms with E-state index in [0.29, 0.717) is 5.56 Å². The lowest BCUT2D eigenvalue weighted by Crippen LogP contribution is -2.41. The zero-order chi connectivity index (χ0) is 12.2. The summed E-state index contributed by atoms with van der Waals surface area (Å²) in [5.41, 5.74) is 6.00. The molecule has 1 amide bonds. The number of rotatable bonds is 4. The summed E-state index contributed by atoms with van der Waals surface area (Å²) in [5.74, 6) is -3.57. The number of hydrogen-bond donors (Lipinski definition) is 2. The summed E-state index contributed by atoms with van der Waals surface area (Å²) in [7, 11) is 0. The average molecular weight is 228 g/mol. The van der Waals surface area contributed by atoms with Gasteiger partial charge in [-0.3, -0.25) is 4.79 Å². The van der Waals surface area contributed by atoms with Crippen molar-refractivity contribution >= 4 is 5.91 Å². The first kappa shape index (κ1) is 12.6. The van der Waals surface area contributed by atoms with Gasteiger partial charge in [0.05, 0.1) is 13.1 Å². The topological polar surface area (TPSA) is 55.1 Å². The number of halogens is 2. The smallest absolute Gasteiger partial charge is 0.277 e. The fourth-order valence-corrected chi connectivity index (χ4v) is 1.20. The zero-order valence-electron chi connectivity index (χ0n) is 8.97. The summed E-state index contributed by atoms with van der Waals surface area (Å²) in [6.07, 6.45) is 0. The van der Waals surface area contributed by atoms with Crippen LogP contribution < -0.4 is 11.1 Å². The molecule has 0 radical (unpaired) electrons. The highest BCUT2D eigenvalue weighted by atomic mass is 19.3. The summed E-state index contributed by atoms with van der Waals surface area (Å²) in [5, 5.41) is 2.16. The molecule has 1 aromatic rings. The fraction of sp³-hybridized carbons (Fsp3) is 0.364. The second-order valence-electron chi connectivity index (χ2n) is 3.56. The van der Waals surface area contributed by atoms with Crippen molar-refractivity contribution in [3.63, 3.8) is 0 Å². The fourth-order valence-electron chi connectivity index (χ4n) is 1.20. The van der Waals surface area contributed by atoms with Gasteiger partial charge >= 0.3 is 0 Å². The second-order valence-corrected chi connectivity index (χ2v) is 3.56. The van der Waals surface area contributed by atoms with Crippen molar-refractivity contribution in [1.82, 2.24) is 5.32 Å². The largest absolute Gasteiger partial charge is 0.346 e. The van der Waals surface area contributed by atoms with Crippen LogP contribution in [0.2, 0.25) is 0 Å². The van der Waals surface area contributed by atoms with Crippen LogP contribution in [-0.2, 0) is 0 Å². The third kappa shape index (κ3) is 3.27. The molecule has 0 aliphatic rings. The quantitative estimate of drug-likeness (QED) is 0.816. The van der Waals surface area contributed by atoms with Crippen molar-refractivity contribution in [3.8, 4) is 0 Å². The lowest BCUT2D eigenvalue weighted by molar-refractivity contribution is 0.0118. The molecule has 5 heteroatoms. The summed E-state index contributed by atoms with van der Waals surface area (Å²) in [6, 6.07) is 6.80. The summed E-state index contributed by atoms with van der Waals surface area (Å²) < 4.78 is 25.6. The SMILES string of the molecule is Cc1ccccc1C(=O)NCC(F)(F)CN. The van der Waals surface area contributed by atoms with E-state index in [0.717, 1.165) is 5.56 Å². The Morgan fingerprint density at radius 1 is 1.44 bits per heavy atom. The number of nitrogens with one attached hydrogen (secondary N) is 1. The summed E-state index contributed by atoms with van der Waals surface area (Å²) in [4.78, 5) is 11.5. The first-order valence-electron chi connectivity index (χ1n) is 4.88. The Morgan fingerprint density at radius 2 is 2.06 bits per heavy atom. The van der Waals surface area contributed by atoms with Gasteiger partial charge in [0.15, 0.2) is 0 Å². The van der Waals surface area contributed by atoms with Crippen LogP contribution in [0.15, 0.2) is 24.3 Å². The summed E-state index contributed by atoms with van der Waals surface area (Å²) in [6.45, 7) is 0.230. The minimum Gasteiger partial charge on any atom is -0.346 e. The molecule has 0 aliphatic heterocycles. The van der Waals surface area contributed by atoms with Crippen LogP contribution in [0.4, 0.5) is 8.78 Å². The number of benzene rings is 1. The third-order valence-corrected chi connectivity index (χ3v) is 2.20. The molecule has 1 aromatic carbocycles. The first-order chi connectivity index (χ1) is 7.46. The van der Waals surface area contributed by atoms with Crippen molar-refractivity contribution in [3.05, 3.63) is 35.4 Å². The minimum absolute atomic E-state index is 0.398. The molecule has 0 saturated carbocycles. The predicted molar refractivity (Wildman–Crippen MR) is 57.5 cm³/mol. The Morgan fingerprint density at radius 3 is 2.62 bits per heavy atom. The average Bonchev–Trinajstić information content (AvgIpc) is 2.27. The number of aryl methyl sites for hydroxylation is 1. The van der Waals surface area contributed by atoms with Crippen LogP contribution in [-0.4, -0.2) is 24.9 Å². The van der Waals surface area contributed by atoms with Crippen molar-refractivity contribution in [2.24, 2.45) is 5.73 Å². The van der Waals surface area contributed by atoms with Gasteiger partial charge in [0.25, 0.3) is 11.8 Å². The maximum absolute atomic E-state index is 12.8. The van der Waals surface area contributed by atoms with E-state index in [2.05, 4.69) is 5.32 Å². The molecule has 0 bridgehead atoms. The van der Waals surface area contributed by atoms with E-state index in [1.54, 1.807) is 31.2 Å². The molecule has 3 N–H and O–H groups in total. The monoisotopic (exact) mass is 228 g/mol. The van der Waals surface area contributed by atoms with E-state index >= 15 is 0 Å². The van der Waals surface area contributed by atoms with Gasteiger partial charge in [-0.15, -0.1) is 0 Å². The van der Waals surface area contributed by atoms with Crippen LogP contribution in [0.25, 0.3) is 0 Å². The Balaban J connectivity index is 2.64. The predicted octanol–water partition coefficient (Wildman–Crippen LogP) is 1.32. The first-order valence-corrected chi connectivity index (χ1v) is 4.88. The number of alkyl halides is 2. The molecule has 0 saturated heterocycles. The van der Waals surface area contributed by atoms with Crippen LogP contribution in [0, 0.1) is 6.92 Å². The van der Waals surface area contributed by atoms with E-state index in [1.807, 2.05) is 0 Å². The number of carbonyl (C=O) groups is 1. The molecule has 0 aliphatic carbocycles. The van der Waals surface area contributed by atoms with Crippen molar-refractivity contribution < 1.29 is 13.6 Å². The molecule has 0 unspecified atom stereocenters. The van der Waals surface area contributed by atoms with Crippen molar-refractivity contribution in [2.75, 3.05) is 13.1 Å². The van der Waals surface area contributed by atoms with Crippen molar-refractivity contribution in [1.29, 1.82) is 0 Å². The standard InChI is InChI=1S/C11H14F2N2O/c1-8-4-2-3-5-9(8)10(16)15-7-11(12,13)6-14/h2-5H,6-7,14H2,1H3,(H,15,16). The van der Waals surface area contributed by atoms with Gasteiger partial charge in [-0.25, -0.2) is 8.78 Å². The Kier molecular flexibility index (Phi) is 3.95. The van der Waals surface area contributed by atoms with Gasteiger partial charge in [-0.05, 0) is 18.6 Å². The number of amides is 1. The highest BCUT2D eigenvalue weighted by Gasteiger charge is 2.27. The zero-order valence-corrected chi connectivity index (χ0v) is 8.97. The highest BCUT2D eigenvalue weighted by molar-refractivity contribution is 5.95. The third-order valence-electron chi connectivity index (χ3n) is 2.20. The molecule has 88 valence electrons. The maximum atomic E-state index is 12.8. The number of nitrogens with two attached hydrogens (primary N) is 1. The van der Waals surface area contributed by atoms with Crippen molar-refractivity contribution in [2.45, 2.75) is 12.8 Å². The Bertz CT molecular complexity index is 380. The van der Waals surface area contributed by atoms with E-state index in [1.165, 1.54) is 0 Å². The van der Waals surface area contributed by atoms with E-state index in [-0.39, 0.29) is 0 Å². The molecular weight excluding hydrogens is 214 g/mol. The molecule has 0 spiro atoms. The van der Waals surface area contributed by atoms with Gasteiger partial charge < -0.3 is 11.1 Å². The molecule has 16 heavy (non-hydrogen) atoms. The lowest BCUT2D eigenvalue weighted by atomic mass is 10.1.